The minimum absolute atomic E-state index is 0.471. The number of nitrogens with one attached hydrogen (secondary N) is 1. The molecule has 0 bridgehead atoms. The van der Waals surface area contributed by atoms with Crippen LogP contribution < -0.4 is 10.4 Å². The molecule has 8 nitrogen and oxygen atoms in total. The lowest BCUT2D eigenvalue weighted by atomic mass is 9.99. The molecule has 0 amide bonds. The van der Waals surface area contributed by atoms with E-state index in [0.29, 0.717) is 21.4 Å². The van der Waals surface area contributed by atoms with Gasteiger partial charge in [-0.1, -0.05) is 11.2 Å². The second-order valence-electron chi connectivity index (χ2n) is 8.00. The molecule has 3 heterocycles. The van der Waals surface area contributed by atoms with Crippen LogP contribution in [0, 0.1) is 23.3 Å². The van der Waals surface area contributed by atoms with Gasteiger partial charge in [-0.15, -0.1) is 0 Å². The Kier molecular flexibility index (Phi) is 5.33. The molecule has 0 spiro atoms. The van der Waals surface area contributed by atoms with E-state index in [1.807, 2.05) is 4.72 Å². The fraction of sp³-hybridized carbons (Fsp3) is 0.238. The highest BCUT2D eigenvalue weighted by Gasteiger charge is 2.52. The van der Waals surface area contributed by atoms with Crippen molar-refractivity contribution in [2.75, 3.05) is 5.75 Å². The summed E-state index contributed by atoms with van der Waals surface area (Å²) in [6.45, 7) is 0.497. The fourth-order valence-corrected chi connectivity index (χ4v) is 4.96. The summed E-state index contributed by atoms with van der Waals surface area (Å²) < 4.78 is 120. The Morgan fingerprint density at radius 3 is 2.42 bits per heavy atom. The van der Waals surface area contributed by atoms with Crippen LogP contribution in [0.3, 0.4) is 0 Å². The lowest BCUT2D eigenvalue weighted by molar-refractivity contribution is -0.0248. The molecule has 190 valence electrons. The Bertz CT molecular complexity index is 1690. The number of alkyl halides is 2. The average molecular weight is 532 g/mol. The number of rotatable bonds is 5. The number of halogens is 6. The van der Waals surface area contributed by atoms with E-state index in [4.69, 9.17) is 4.52 Å². The Labute approximate surface area is 197 Å². The zero-order valence-corrected chi connectivity index (χ0v) is 18.8. The van der Waals surface area contributed by atoms with Crippen molar-refractivity contribution in [3.63, 3.8) is 0 Å². The highest BCUT2D eigenvalue weighted by molar-refractivity contribution is 7.89. The minimum Gasteiger partial charge on any atom is -0.354 e. The fourth-order valence-electron chi connectivity index (χ4n) is 4.13. The molecule has 2 aromatic carbocycles. The molecule has 0 radical (unpaired) electrons. The van der Waals surface area contributed by atoms with Crippen molar-refractivity contribution in [3.05, 3.63) is 69.9 Å². The molecule has 1 atom stereocenters. The van der Waals surface area contributed by atoms with Crippen LogP contribution >= 0.6 is 0 Å². The predicted octanol–water partition coefficient (Wildman–Crippen LogP) is 3.42. The molecule has 2 aromatic heterocycles. The number of hydrogen-bond donors (Lipinski definition) is 1. The Morgan fingerprint density at radius 1 is 1.14 bits per heavy atom. The molecule has 0 unspecified atom stereocenters. The van der Waals surface area contributed by atoms with Gasteiger partial charge in [0.2, 0.25) is 10.0 Å². The summed E-state index contributed by atoms with van der Waals surface area (Å²) in [7, 11) is -4.05. The summed E-state index contributed by atoms with van der Waals surface area (Å²) in [4.78, 5) is 13.0. The summed E-state index contributed by atoms with van der Waals surface area (Å²) in [6, 6.07) is 1.15. The van der Waals surface area contributed by atoms with Crippen LogP contribution in [-0.4, -0.2) is 34.5 Å². The highest BCUT2D eigenvalue weighted by Crippen LogP contribution is 2.41. The summed E-state index contributed by atoms with van der Waals surface area (Å²) in [6.07, 6.45) is 0.628. The maximum Gasteiger partial charge on any atom is 0.334 e. The number of benzene rings is 2. The van der Waals surface area contributed by atoms with Gasteiger partial charge < -0.3 is 4.52 Å². The van der Waals surface area contributed by atoms with Crippen molar-refractivity contribution in [2.45, 2.75) is 25.4 Å². The molecule has 0 fully saturated rings. The number of imidazole rings is 1. The predicted molar refractivity (Wildman–Crippen MR) is 113 cm³/mol. The van der Waals surface area contributed by atoms with Gasteiger partial charge in [0.25, 0.3) is 0 Å². The molecule has 1 aliphatic rings. The van der Waals surface area contributed by atoms with E-state index in [9.17, 15) is 30.8 Å². The third-order valence-corrected chi connectivity index (χ3v) is 7.31. The molecule has 4 aromatic rings. The van der Waals surface area contributed by atoms with Crippen LogP contribution in [0.25, 0.3) is 27.9 Å². The number of fused-ring (bicyclic) bond motifs is 2. The van der Waals surface area contributed by atoms with Gasteiger partial charge in [0.15, 0.2) is 23.0 Å². The molecule has 36 heavy (non-hydrogen) atoms. The lowest BCUT2D eigenvalue weighted by Crippen LogP contribution is -2.45. The van der Waals surface area contributed by atoms with E-state index in [1.54, 1.807) is 0 Å². The lowest BCUT2D eigenvalue weighted by Gasteiger charge is -2.19. The molecule has 15 heteroatoms. The van der Waals surface area contributed by atoms with E-state index in [1.165, 1.54) is 6.92 Å². The van der Waals surface area contributed by atoms with Crippen LogP contribution in [-0.2, 0) is 22.5 Å². The van der Waals surface area contributed by atoms with E-state index >= 15 is 8.78 Å². The Morgan fingerprint density at radius 2 is 1.81 bits per heavy atom. The van der Waals surface area contributed by atoms with E-state index < -0.39 is 96.9 Å². The van der Waals surface area contributed by atoms with Gasteiger partial charge in [-0.3, -0.25) is 4.57 Å². The maximum absolute atomic E-state index is 15.0. The van der Waals surface area contributed by atoms with E-state index in [2.05, 4.69) is 5.16 Å². The Hall–Kier alpha value is -3.59. The van der Waals surface area contributed by atoms with Crippen molar-refractivity contribution < 1.29 is 39.3 Å². The first-order chi connectivity index (χ1) is 16.9. The quantitative estimate of drug-likeness (QED) is 0.398. The molecule has 1 aliphatic heterocycles. The second-order valence-corrected chi connectivity index (χ2v) is 10.0. The van der Waals surface area contributed by atoms with Crippen molar-refractivity contribution in [1.29, 1.82) is 0 Å². The summed E-state index contributed by atoms with van der Waals surface area (Å²) in [5.41, 5.74) is -4.50. The van der Waals surface area contributed by atoms with Gasteiger partial charge in [0, 0.05) is 17.8 Å². The van der Waals surface area contributed by atoms with Crippen LogP contribution in [0.1, 0.15) is 12.6 Å². The Balaban J connectivity index is 1.73. The number of hydrogen-bond acceptors (Lipinski definition) is 5. The van der Waals surface area contributed by atoms with Crippen molar-refractivity contribution in [2.24, 2.45) is 0 Å². The standard InChI is InChI=1S/C21H14F6N4O4S/c1-2-36(33,34)29-13-7-30-14(21(13,26)27)8-31(20(30)32)19-16-12(35-28-19)6-11(24)18(25)17(16)15-9(22)4-3-5-10(15)23/h3-6,8,13,29H,2,7H2,1H3/t13-/m1/s1. The van der Waals surface area contributed by atoms with Gasteiger partial charge in [-0.25, -0.2) is 40.1 Å². The molecular formula is C21H14F6N4O4S. The third kappa shape index (κ3) is 3.44. The van der Waals surface area contributed by atoms with Crippen LogP contribution in [0.5, 0.6) is 0 Å². The van der Waals surface area contributed by atoms with Gasteiger partial charge in [-0.05, 0) is 19.1 Å². The third-order valence-electron chi connectivity index (χ3n) is 5.90. The zero-order valence-electron chi connectivity index (χ0n) is 18.0. The molecule has 1 N–H and O–H groups in total. The van der Waals surface area contributed by atoms with E-state index in [0.717, 1.165) is 18.2 Å². The molecule has 0 saturated heterocycles. The van der Waals surface area contributed by atoms with Gasteiger partial charge in [-0.2, -0.15) is 8.78 Å². The van der Waals surface area contributed by atoms with Crippen molar-refractivity contribution >= 4 is 21.0 Å². The monoisotopic (exact) mass is 532 g/mol. The average Bonchev–Trinajstić information content (AvgIpc) is 3.43. The molecule has 5 rings (SSSR count). The second kappa shape index (κ2) is 7.96. The first-order valence-corrected chi connectivity index (χ1v) is 11.9. The van der Waals surface area contributed by atoms with Crippen molar-refractivity contribution in [3.8, 4) is 16.9 Å². The molecule has 0 saturated carbocycles. The number of sulfonamides is 1. The van der Waals surface area contributed by atoms with Gasteiger partial charge in [0.1, 0.15) is 23.4 Å². The number of nitrogens with zero attached hydrogens (tertiary/aromatic N) is 3. The number of aromatic nitrogens is 3. The molecular weight excluding hydrogens is 518 g/mol. The normalized spacial score (nSPS) is 17.1. The van der Waals surface area contributed by atoms with Crippen molar-refractivity contribution in [1.82, 2.24) is 19.0 Å². The summed E-state index contributed by atoms with van der Waals surface area (Å²) >= 11 is 0. The van der Waals surface area contributed by atoms with Crippen LogP contribution in [0.2, 0.25) is 0 Å². The van der Waals surface area contributed by atoms with Gasteiger partial charge in [0.05, 0.1) is 23.2 Å². The van der Waals surface area contributed by atoms with E-state index in [-0.39, 0.29) is 0 Å². The SMILES string of the molecule is CCS(=O)(=O)N[C@@H]1Cn2c(cn(-c3noc4cc(F)c(F)c(-c5c(F)cccc5F)c34)c2=O)C1(F)F. The maximum atomic E-state index is 15.0. The van der Waals surface area contributed by atoms with Gasteiger partial charge >= 0.3 is 11.6 Å². The summed E-state index contributed by atoms with van der Waals surface area (Å²) in [5, 5.41) is 3.00. The summed E-state index contributed by atoms with van der Waals surface area (Å²) in [5.74, 6) is -10.7. The van der Waals surface area contributed by atoms with Crippen LogP contribution in [0.15, 0.2) is 39.8 Å². The first-order valence-electron chi connectivity index (χ1n) is 10.3. The zero-order chi connectivity index (χ0) is 26.2. The smallest absolute Gasteiger partial charge is 0.334 e. The first kappa shape index (κ1) is 24.1. The largest absolute Gasteiger partial charge is 0.354 e. The van der Waals surface area contributed by atoms with Crippen LogP contribution in [0.4, 0.5) is 26.3 Å². The topological polar surface area (TPSA) is 99.1 Å². The minimum atomic E-state index is -4.05. The highest BCUT2D eigenvalue weighted by atomic mass is 32.2. The molecule has 0 aliphatic carbocycles.